The number of aromatic nitrogens is 4. The predicted octanol–water partition coefficient (Wildman–Crippen LogP) is 3.04. The maximum Gasteiger partial charge on any atom is 0.224 e. The van der Waals surface area contributed by atoms with Crippen molar-refractivity contribution in [2.45, 2.75) is 45.3 Å². The number of hydrogen-bond acceptors (Lipinski definition) is 6. The predicted molar refractivity (Wildman–Crippen MR) is 97.7 cm³/mol. The van der Waals surface area contributed by atoms with E-state index in [2.05, 4.69) is 34.7 Å². The van der Waals surface area contributed by atoms with E-state index in [-0.39, 0.29) is 17.4 Å². The van der Waals surface area contributed by atoms with Crippen molar-refractivity contribution in [3.05, 3.63) is 29.8 Å². The number of ketones is 1. The zero-order valence-electron chi connectivity index (χ0n) is 14.7. The van der Waals surface area contributed by atoms with Gasteiger partial charge in [-0.3, -0.25) is 9.59 Å². The zero-order chi connectivity index (χ0) is 18.2. The number of carbonyl (C=O) groups excluding carboxylic acids is 2. The summed E-state index contributed by atoms with van der Waals surface area (Å²) >= 11 is 1.33. The Morgan fingerprint density at radius 2 is 1.96 bits per heavy atom. The Labute approximate surface area is 151 Å². The molecule has 1 N–H and O–H groups in total. The molecule has 0 aliphatic heterocycles. The molecule has 1 aromatic carbocycles. The Hall–Kier alpha value is -2.22. The van der Waals surface area contributed by atoms with Crippen LogP contribution in [-0.4, -0.2) is 37.7 Å². The van der Waals surface area contributed by atoms with Gasteiger partial charge in [0.15, 0.2) is 5.78 Å². The molecule has 0 saturated carbocycles. The largest absolute Gasteiger partial charge is 0.326 e. The van der Waals surface area contributed by atoms with Crippen LogP contribution in [0.3, 0.4) is 0 Å². The number of nitrogens with one attached hydrogen (secondary N) is 1. The van der Waals surface area contributed by atoms with Crippen LogP contribution in [0.1, 0.15) is 44.0 Å². The topological polar surface area (TPSA) is 89.8 Å². The van der Waals surface area contributed by atoms with Gasteiger partial charge in [-0.25, -0.2) is 4.68 Å². The van der Waals surface area contributed by atoms with E-state index in [9.17, 15) is 9.59 Å². The van der Waals surface area contributed by atoms with Gasteiger partial charge in [-0.05, 0) is 47.0 Å². The van der Waals surface area contributed by atoms with Crippen molar-refractivity contribution in [1.29, 1.82) is 0 Å². The molecular formula is C17H23N5O2S. The molecule has 25 heavy (non-hydrogen) atoms. The van der Waals surface area contributed by atoms with E-state index in [4.69, 9.17) is 0 Å². The third-order valence-corrected chi connectivity index (χ3v) is 4.29. The fourth-order valence-electron chi connectivity index (χ4n) is 2.16. The third kappa shape index (κ3) is 5.97. The number of benzene rings is 1. The van der Waals surface area contributed by atoms with Gasteiger partial charge >= 0.3 is 0 Å². The van der Waals surface area contributed by atoms with Gasteiger partial charge in [-0.2, -0.15) is 0 Å². The second-order valence-corrected chi connectivity index (χ2v) is 7.07. The van der Waals surface area contributed by atoms with Crippen LogP contribution in [0, 0.1) is 5.92 Å². The lowest BCUT2D eigenvalue weighted by atomic mass is 10.1. The van der Waals surface area contributed by atoms with Crippen molar-refractivity contribution in [2.24, 2.45) is 5.92 Å². The number of amides is 1. The first kappa shape index (κ1) is 19.1. The minimum atomic E-state index is -0.0193. The minimum Gasteiger partial charge on any atom is -0.326 e. The number of Topliss-reactive ketones (excluding diaryl/α,β-unsaturated/α-hetero) is 1. The summed E-state index contributed by atoms with van der Waals surface area (Å²) in [5.41, 5.74) is 1.30. The summed E-state index contributed by atoms with van der Waals surface area (Å²) in [6.45, 7) is 6.84. The Morgan fingerprint density at radius 1 is 1.24 bits per heavy atom. The van der Waals surface area contributed by atoms with E-state index < -0.39 is 0 Å². The number of carbonyl (C=O) groups is 2. The number of rotatable bonds is 9. The normalized spacial score (nSPS) is 10.9. The molecule has 2 rings (SSSR count). The molecular weight excluding hydrogens is 338 g/mol. The van der Waals surface area contributed by atoms with Crippen molar-refractivity contribution in [3.8, 4) is 0 Å². The van der Waals surface area contributed by atoms with Gasteiger partial charge in [0.05, 0.1) is 5.75 Å². The fourth-order valence-corrected chi connectivity index (χ4v) is 2.94. The molecule has 0 fully saturated rings. The van der Waals surface area contributed by atoms with Crippen LogP contribution in [0.15, 0.2) is 29.4 Å². The maximum absolute atomic E-state index is 12.3. The molecule has 1 heterocycles. The summed E-state index contributed by atoms with van der Waals surface area (Å²) in [6, 6.07) is 6.94. The second kappa shape index (κ2) is 9.31. The van der Waals surface area contributed by atoms with Crippen LogP contribution in [0.2, 0.25) is 0 Å². The van der Waals surface area contributed by atoms with Crippen LogP contribution in [0.4, 0.5) is 5.69 Å². The molecule has 0 spiro atoms. The average Bonchev–Trinajstić information content (AvgIpc) is 3.00. The van der Waals surface area contributed by atoms with E-state index in [0.717, 1.165) is 13.0 Å². The van der Waals surface area contributed by atoms with Gasteiger partial charge in [0, 0.05) is 24.2 Å². The van der Waals surface area contributed by atoms with E-state index in [1.54, 1.807) is 28.9 Å². The van der Waals surface area contributed by atoms with Gasteiger partial charge in [0.25, 0.3) is 0 Å². The molecule has 8 heteroatoms. The summed E-state index contributed by atoms with van der Waals surface area (Å²) in [5, 5.41) is 15.0. The number of nitrogens with zero attached hydrogens (tertiary/aromatic N) is 4. The molecule has 1 amide bonds. The van der Waals surface area contributed by atoms with E-state index in [1.807, 2.05) is 6.92 Å². The summed E-state index contributed by atoms with van der Waals surface area (Å²) in [5.74, 6) is 0.665. The molecule has 1 aromatic heterocycles. The van der Waals surface area contributed by atoms with Crippen molar-refractivity contribution in [2.75, 3.05) is 11.1 Å². The highest BCUT2D eigenvalue weighted by atomic mass is 32.2. The molecule has 0 aliphatic carbocycles. The Morgan fingerprint density at radius 3 is 2.60 bits per heavy atom. The number of anilines is 1. The lowest BCUT2D eigenvalue weighted by Gasteiger charge is -2.07. The van der Waals surface area contributed by atoms with Gasteiger partial charge < -0.3 is 5.32 Å². The first-order chi connectivity index (χ1) is 12.0. The SMILES string of the molecule is CCCC(=O)Nc1ccc(C(=O)CSc2nnnn2CC(C)C)cc1. The van der Waals surface area contributed by atoms with E-state index in [0.29, 0.717) is 28.7 Å². The summed E-state index contributed by atoms with van der Waals surface area (Å²) in [4.78, 5) is 23.9. The van der Waals surface area contributed by atoms with Gasteiger partial charge in [-0.1, -0.05) is 32.5 Å². The highest BCUT2D eigenvalue weighted by Gasteiger charge is 2.12. The lowest BCUT2D eigenvalue weighted by Crippen LogP contribution is -2.11. The monoisotopic (exact) mass is 361 g/mol. The van der Waals surface area contributed by atoms with Crippen molar-refractivity contribution < 1.29 is 9.59 Å². The third-order valence-electron chi connectivity index (χ3n) is 3.34. The summed E-state index contributed by atoms with van der Waals surface area (Å²) < 4.78 is 1.72. The lowest BCUT2D eigenvalue weighted by molar-refractivity contribution is -0.116. The van der Waals surface area contributed by atoms with Gasteiger partial charge in [0.2, 0.25) is 11.1 Å². The van der Waals surface area contributed by atoms with Gasteiger partial charge in [-0.15, -0.1) is 5.10 Å². The first-order valence-electron chi connectivity index (χ1n) is 8.31. The number of tetrazole rings is 1. The van der Waals surface area contributed by atoms with Gasteiger partial charge in [0.1, 0.15) is 0 Å². The minimum absolute atomic E-state index is 0.00414. The van der Waals surface area contributed by atoms with Crippen molar-refractivity contribution in [1.82, 2.24) is 20.2 Å². The molecule has 2 aromatic rings. The van der Waals surface area contributed by atoms with Crippen LogP contribution >= 0.6 is 11.8 Å². The average molecular weight is 361 g/mol. The molecule has 0 bridgehead atoms. The maximum atomic E-state index is 12.3. The zero-order valence-corrected chi connectivity index (χ0v) is 15.5. The Kier molecular flexibility index (Phi) is 7.12. The molecule has 0 radical (unpaired) electrons. The standard InChI is InChI=1S/C17H23N5O2S/c1-4-5-16(24)18-14-8-6-13(7-9-14)15(23)11-25-17-19-20-21-22(17)10-12(2)3/h6-9,12H,4-5,10-11H2,1-3H3,(H,18,24). The van der Waals surface area contributed by atoms with Crippen LogP contribution in [-0.2, 0) is 11.3 Å². The van der Waals surface area contributed by atoms with Crippen molar-refractivity contribution >= 4 is 29.1 Å². The van der Waals surface area contributed by atoms with Crippen LogP contribution in [0.25, 0.3) is 0 Å². The Balaban J connectivity index is 1.91. The quantitative estimate of drug-likeness (QED) is 0.545. The first-order valence-corrected chi connectivity index (χ1v) is 9.30. The highest BCUT2D eigenvalue weighted by molar-refractivity contribution is 7.99. The van der Waals surface area contributed by atoms with Crippen molar-refractivity contribution in [3.63, 3.8) is 0 Å². The highest BCUT2D eigenvalue weighted by Crippen LogP contribution is 2.18. The molecule has 0 saturated heterocycles. The summed E-state index contributed by atoms with van der Waals surface area (Å²) in [7, 11) is 0. The fraction of sp³-hybridized carbons (Fsp3) is 0.471. The molecule has 0 atom stereocenters. The van der Waals surface area contributed by atoms with E-state index >= 15 is 0 Å². The number of thioether (sulfide) groups is 1. The van der Waals surface area contributed by atoms with E-state index in [1.165, 1.54) is 11.8 Å². The molecule has 134 valence electrons. The second-order valence-electron chi connectivity index (χ2n) is 6.12. The smallest absolute Gasteiger partial charge is 0.224 e. The van der Waals surface area contributed by atoms with Crippen LogP contribution < -0.4 is 5.32 Å². The molecule has 0 aliphatic rings. The Bertz CT molecular complexity index is 712. The summed E-state index contributed by atoms with van der Waals surface area (Å²) in [6.07, 6.45) is 1.29. The molecule has 0 unspecified atom stereocenters. The number of hydrogen-bond donors (Lipinski definition) is 1. The van der Waals surface area contributed by atoms with Crippen LogP contribution in [0.5, 0.6) is 0 Å². The molecule has 7 nitrogen and oxygen atoms in total.